The zero-order valence-electron chi connectivity index (χ0n) is 9.57. The lowest BCUT2D eigenvalue weighted by Gasteiger charge is -2.18. The van der Waals surface area contributed by atoms with Gasteiger partial charge in [0.05, 0.1) is 19.3 Å². The van der Waals surface area contributed by atoms with Gasteiger partial charge in [-0.15, -0.1) is 11.3 Å². The highest BCUT2D eigenvalue weighted by molar-refractivity contribution is 7.12. The molecule has 1 unspecified atom stereocenters. The second kappa shape index (κ2) is 5.27. The summed E-state index contributed by atoms with van der Waals surface area (Å²) in [5.74, 6) is 0. The van der Waals surface area contributed by atoms with E-state index in [-0.39, 0.29) is 25.3 Å². The van der Waals surface area contributed by atoms with Gasteiger partial charge < -0.3 is 15.5 Å². The number of aliphatic hydroxyl groups is 2. The van der Waals surface area contributed by atoms with Crippen molar-refractivity contribution in [1.29, 1.82) is 0 Å². The van der Waals surface area contributed by atoms with Gasteiger partial charge in [0, 0.05) is 15.8 Å². The summed E-state index contributed by atoms with van der Waals surface area (Å²) in [6.45, 7) is 2.04. The van der Waals surface area contributed by atoms with E-state index in [2.05, 4.69) is 18.3 Å². The Bertz CT molecular complexity index is 325. The van der Waals surface area contributed by atoms with Gasteiger partial charge in [0.1, 0.15) is 0 Å². The second-order valence-corrected chi connectivity index (χ2v) is 5.57. The summed E-state index contributed by atoms with van der Waals surface area (Å²) >= 11 is 1.87. The van der Waals surface area contributed by atoms with Crippen molar-refractivity contribution in [3.05, 3.63) is 21.4 Å². The predicted molar refractivity (Wildman–Crippen MR) is 65.9 cm³/mol. The maximum Gasteiger partial charge on any atom is 0.0607 e. The van der Waals surface area contributed by atoms with E-state index < -0.39 is 0 Å². The molecule has 0 aromatic carbocycles. The quantitative estimate of drug-likeness (QED) is 0.727. The molecule has 0 amide bonds. The van der Waals surface area contributed by atoms with Gasteiger partial charge in [0.15, 0.2) is 0 Å². The maximum absolute atomic E-state index is 9.02. The van der Waals surface area contributed by atoms with Crippen LogP contribution in [-0.4, -0.2) is 29.5 Å². The molecule has 4 heteroatoms. The van der Waals surface area contributed by atoms with E-state index in [0.29, 0.717) is 0 Å². The average Bonchev–Trinajstić information content (AvgIpc) is 2.85. The SMILES string of the molecule is CC(NC(CO)CO)c1cc2c(s1)CCC2. The van der Waals surface area contributed by atoms with Gasteiger partial charge in [0.25, 0.3) is 0 Å². The average molecular weight is 241 g/mol. The fraction of sp³-hybridized carbons (Fsp3) is 0.667. The van der Waals surface area contributed by atoms with E-state index in [9.17, 15) is 0 Å². The molecule has 1 aromatic heterocycles. The Balaban J connectivity index is 2.00. The Morgan fingerprint density at radius 3 is 2.75 bits per heavy atom. The molecule has 1 heterocycles. The van der Waals surface area contributed by atoms with Crippen LogP contribution in [0.25, 0.3) is 0 Å². The summed E-state index contributed by atoms with van der Waals surface area (Å²) in [4.78, 5) is 2.84. The van der Waals surface area contributed by atoms with Gasteiger partial charge in [-0.1, -0.05) is 0 Å². The van der Waals surface area contributed by atoms with Crippen molar-refractivity contribution >= 4 is 11.3 Å². The molecule has 1 aliphatic rings. The van der Waals surface area contributed by atoms with Gasteiger partial charge in [-0.3, -0.25) is 0 Å². The molecular formula is C12H19NO2S. The Hall–Kier alpha value is -0.420. The Kier molecular flexibility index (Phi) is 3.97. The number of thiophene rings is 1. The molecule has 3 nitrogen and oxygen atoms in total. The van der Waals surface area contributed by atoms with E-state index in [0.717, 1.165) is 0 Å². The van der Waals surface area contributed by atoms with Gasteiger partial charge in [-0.25, -0.2) is 0 Å². The molecule has 0 saturated carbocycles. The number of fused-ring (bicyclic) bond motifs is 1. The number of nitrogens with one attached hydrogen (secondary N) is 1. The van der Waals surface area contributed by atoms with Gasteiger partial charge in [-0.05, 0) is 37.8 Å². The second-order valence-electron chi connectivity index (χ2n) is 4.40. The monoisotopic (exact) mass is 241 g/mol. The van der Waals surface area contributed by atoms with Crippen molar-refractivity contribution in [3.63, 3.8) is 0 Å². The Labute approximate surface area is 100 Å². The first-order valence-electron chi connectivity index (χ1n) is 5.84. The molecule has 90 valence electrons. The summed E-state index contributed by atoms with van der Waals surface area (Å²) in [5, 5.41) is 21.3. The van der Waals surface area contributed by atoms with E-state index in [4.69, 9.17) is 10.2 Å². The van der Waals surface area contributed by atoms with Gasteiger partial charge in [-0.2, -0.15) is 0 Å². The van der Waals surface area contributed by atoms with Crippen LogP contribution in [0.1, 0.15) is 34.7 Å². The molecule has 0 aliphatic heterocycles. The molecule has 1 atom stereocenters. The lowest BCUT2D eigenvalue weighted by molar-refractivity contribution is 0.164. The van der Waals surface area contributed by atoms with E-state index >= 15 is 0 Å². The van der Waals surface area contributed by atoms with Crippen molar-refractivity contribution in [2.75, 3.05) is 13.2 Å². The summed E-state index contributed by atoms with van der Waals surface area (Å²) in [5.41, 5.74) is 1.50. The fourth-order valence-corrected chi connectivity index (χ4v) is 3.43. The van der Waals surface area contributed by atoms with Crippen LogP contribution in [-0.2, 0) is 12.8 Å². The van der Waals surface area contributed by atoms with Crippen LogP contribution in [0.4, 0.5) is 0 Å². The molecule has 1 aliphatic carbocycles. The van der Waals surface area contributed by atoms with E-state index in [1.807, 2.05) is 11.3 Å². The first-order valence-corrected chi connectivity index (χ1v) is 6.65. The summed E-state index contributed by atoms with van der Waals surface area (Å²) < 4.78 is 0. The molecule has 0 radical (unpaired) electrons. The van der Waals surface area contributed by atoms with Crippen molar-refractivity contribution in [1.82, 2.24) is 5.32 Å². The number of aliphatic hydroxyl groups excluding tert-OH is 2. The minimum atomic E-state index is -0.216. The fourth-order valence-electron chi connectivity index (χ4n) is 2.16. The highest BCUT2D eigenvalue weighted by atomic mass is 32.1. The summed E-state index contributed by atoms with van der Waals surface area (Å²) in [7, 11) is 0. The molecule has 0 bridgehead atoms. The maximum atomic E-state index is 9.02. The van der Waals surface area contributed by atoms with Crippen molar-refractivity contribution in [2.24, 2.45) is 0 Å². The molecular weight excluding hydrogens is 222 g/mol. The van der Waals surface area contributed by atoms with Crippen LogP contribution in [0.15, 0.2) is 6.07 Å². The van der Waals surface area contributed by atoms with Crippen LogP contribution in [0.2, 0.25) is 0 Å². The third-order valence-corrected chi connectivity index (χ3v) is 4.54. The summed E-state index contributed by atoms with van der Waals surface area (Å²) in [6.07, 6.45) is 3.72. The highest BCUT2D eigenvalue weighted by Gasteiger charge is 2.19. The highest BCUT2D eigenvalue weighted by Crippen LogP contribution is 2.33. The molecule has 2 rings (SSSR count). The normalized spacial score (nSPS) is 16.8. The van der Waals surface area contributed by atoms with Crippen LogP contribution in [0, 0.1) is 0 Å². The third-order valence-electron chi connectivity index (χ3n) is 3.12. The molecule has 0 fully saturated rings. The standard InChI is InChI=1S/C12H19NO2S/c1-8(13-10(6-14)7-15)12-5-9-3-2-4-11(9)16-12/h5,8,10,13-15H,2-4,6-7H2,1H3. The van der Waals surface area contributed by atoms with Crippen LogP contribution in [0.5, 0.6) is 0 Å². The Morgan fingerprint density at radius 1 is 1.38 bits per heavy atom. The number of hydrogen-bond acceptors (Lipinski definition) is 4. The molecule has 16 heavy (non-hydrogen) atoms. The smallest absolute Gasteiger partial charge is 0.0607 e. The lowest BCUT2D eigenvalue weighted by atomic mass is 10.2. The first kappa shape index (κ1) is 12.0. The number of aryl methyl sites for hydroxylation is 2. The first-order chi connectivity index (χ1) is 7.74. The Morgan fingerprint density at radius 2 is 2.12 bits per heavy atom. The minimum Gasteiger partial charge on any atom is -0.395 e. The minimum absolute atomic E-state index is 0.0219. The predicted octanol–water partition coefficient (Wildman–Crippen LogP) is 1.24. The zero-order chi connectivity index (χ0) is 11.5. The van der Waals surface area contributed by atoms with Gasteiger partial charge >= 0.3 is 0 Å². The van der Waals surface area contributed by atoms with Crippen molar-refractivity contribution in [2.45, 2.75) is 38.3 Å². The van der Waals surface area contributed by atoms with Crippen molar-refractivity contribution in [3.8, 4) is 0 Å². The van der Waals surface area contributed by atoms with Crippen LogP contribution >= 0.6 is 11.3 Å². The topological polar surface area (TPSA) is 52.5 Å². The summed E-state index contributed by atoms with van der Waals surface area (Å²) in [6, 6.07) is 2.27. The lowest BCUT2D eigenvalue weighted by Crippen LogP contribution is -2.37. The third kappa shape index (κ3) is 2.46. The zero-order valence-corrected chi connectivity index (χ0v) is 10.4. The molecule has 0 spiro atoms. The van der Waals surface area contributed by atoms with E-state index in [1.54, 1.807) is 0 Å². The number of hydrogen-bond donors (Lipinski definition) is 3. The molecule has 1 aromatic rings. The van der Waals surface area contributed by atoms with Crippen LogP contribution in [0.3, 0.4) is 0 Å². The van der Waals surface area contributed by atoms with Crippen LogP contribution < -0.4 is 5.32 Å². The van der Waals surface area contributed by atoms with Crippen molar-refractivity contribution < 1.29 is 10.2 Å². The molecule has 3 N–H and O–H groups in total. The van der Waals surface area contributed by atoms with E-state index in [1.165, 1.54) is 34.6 Å². The largest absolute Gasteiger partial charge is 0.395 e. The molecule has 0 saturated heterocycles. The van der Waals surface area contributed by atoms with Gasteiger partial charge in [0.2, 0.25) is 0 Å². The number of rotatable bonds is 5.